The van der Waals surface area contributed by atoms with Crippen LogP contribution in [0.2, 0.25) is 0 Å². The fourth-order valence-electron chi connectivity index (χ4n) is 8.10. The molecule has 31 heavy (non-hydrogen) atoms. The van der Waals surface area contributed by atoms with Gasteiger partial charge in [-0.3, -0.25) is 9.59 Å². The molecule has 172 valence electrons. The van der Waals surface area contributed by atoms with E-state index in [-0.39, 0.29) is 22.9 Å². The van der Waals surface area contributed by atoms with Gasteiger partial charge in [-0.15, -0.1) is 0 Å². The quantitative estimate of drug-likeness (QED) is 0.541. The van der Waals surface area contributed by atoms with Gasteiger partial charge in [-0.1, -0.05) is 12.1 Å². The van der Waals surface area contributed by atoms with E-state index in [0.717, 1.165) is 70.9 Å². The summed E-state index contributed by atoms with van der Waals surface area (Å²) >= 11 is 0. The molecule has 5 aliphatic rings. The summed E-state index contributed by atoms with van der Waals surface area (Å²) in [5, 5.41) is 7.91. The first-order chi connectivity index (χ1) is 14.9. The molecular formula is C25H38N2O4. The van der Waals surface area contributed by atoms with Crippen LogP contribution >= 0.6 is 0 Å². The zero-order valence-electron chi connectivity index (χ0n) is 19.2. The number of Topliss-reactive ketones (excluding diaryl/α,β-unsaturated/α-hetero) is 1. The zero-order valence-corrected chi connectivity index (χ0v) is 19.2. The topological polar surface area (TPSA) is 77.0 Å². The number of nitrogens with zero attached hydrogens (tertiary/aromatic N) is 1. The molecule has 6 nitrogen and oxygen atoms in total. The fourth-order valence-corrected chi connectivity index (χ4v) is 8.10. The standard InChI is InChI=1S/C25H38N2O4/c1-16(28)30-15-25-11-7-18(27-31-19-9-12-26-14-19)13-17(25)3-4-20-21-5-6-23(29)24(21,2)10-8-22(20)25/h17,19-22,26H,3-15H2,1-2H3/b27-18+/t17?,19?,20?,21?,22?,24-,25+/m0/s1. The second kappa shape index (κ2) is 8.17. The summed E-state index contributed by atoms with van der Waals surface area (Å²) in [7, 11) is 0. The molecule has 1 heterocycles. The highest BCUT2D eigenvalue weighted by Gasteiger charge is 2.61. The lowest BCUT2D eigenvalue weighted by atomic mass is 9.45. The molecule has 1 N–H and O–H groups in total. The molecule has 0 spiro atoms. The number of hydrogen-bond acceptors (Lipinski definition) is 6. The van der Waals surface area contributed by atoms with E-state index < -0.39 is 0 Å². The maximum Gasteiger partial charge on any atom is 0.302 e. The first-order valence-electron chi connectivity index (χ1n) is 12.5. The van der Waals surface area contributed by atoms with Crippen LogP contribution in [0, 0.1) is 34.5 Å². The first-order valence-corrected chi connectivity index (χ1v) is 12.5. The molecule has 0 aromatic heterocycles. The Labute approximate surface area is 185 Å². The average molecular weight is 431 g/mol. The first kappa shape index (κ1) is 21.4. The number of ether oxygens (including phenoxy) is 1. The van der Waals surface area contributed by atoms with E-state index in [0.29, 0.717) is 36.1 Å². The molecule has 0 amide bonds. The van der Waals surface area contributed by atoms with E-state index in [1.807, 2.05) is 0 Å². The van der Waals surface area contributed by atoms with E-state index in [1.54, 1.807) is 0 Å². The molecule has 5 rings (SSSR count). The van der Waals surface area contributed by atoms with Gasteiger partial charge >= 0.3 is 5.97 Å². The van der Waals surface area contributed by atoms with Gasteiger partial charge in [-0.25, -0.2) is 0 Å². The number of fused-ring (bicyclic) bond motifs is 5. The van der Waals surface area contributed by atoms with Gasteiger partial charge in [-0.2, -0.15) is 0 Å². The Hall–Kier alpha value is -1.43. The van der Waals surface area contributed by atoms with Crippen molar-refractivity contribution in [3.63, 3.8) is 0 Å². The van der Waals surface area contributed by atoms with Crippen molar-refractivity contribution in [3.8, 4) is 0 Å². The van der Waals surface area contributed by atoms with Gasteiger partial charge in [0.1, 0.15) is 11.9 Å². The molecule has 0 aromatic carbocycles. The summed E-state index contributed by atoms with van der Waals surface area (Å²) < 4.78 is 5.74. The van der Waals surface area contributed by atoms with Crippen LogP contribution in [-0.2, 0) is 19.2 Å². The van der Waals surface area contributed by atoms with Gasteiger partial charge in [0.25, 0.3) is 0 Å². The third-order valence-corrected chi connectivity index (χ3v) is 9.80. The van der Waals surface area contributed by atoms with E-state index >= 15 is 0 Å². The van der Waals surface area contributed by atoms with Crippen LogP contribution < -0.4 is 5.32 Å². The number of hydrogen-bond donors (Lipinski definition) is 1. The highest BCUT2D eigenvalue weighted by molar-refractivity contribution is 5.87. The molecule has 0 radical (unpaired) electrons. The van der Waals surface area contributed by atoms with Gasteiger partial charge in [0.15, 0.2) is 0 Å². The Balaban J connectivity index is 1.37. The lowest BCUT2D eigenvalue weighted by Crippen LogP contribution is -2.56. The van der Waals surface area contributed by atoms with Gasteiger partial charge in [0.2, 0.25) is 0 Å². The molecule has 5 unspecified atom stereocenters. The van der Waals surface area contributed by atoms with Crippen LogP contribution in [0.5, 0.6) is 0 Å². The Morgan fingerprint density at radius 3 is 2.77 bits per heavy atom. The van der Waals surface area contributed by atoms with E-state index in [2.05, 4.69) is 17.4 Å². The van der Waals surface area contributed by atoms with Crippen molar-refractivity contribution in [2.75, 3.05) is 19.7 Å². The van der Waals surface area contributed by atoms with Gasteiger partial charge < -0.3 is 14.9 Å². The molecule has 0 aromatic rings. The van der Waals surface area contributed by atoms with E-state index in [9.17, 15) is 9.59 Å². The highest BCUT2D eigenvalue weighted by atomic mass is 16.6. The smallest absolute Gasteiger partial charge is 0.302 e. The van der Waals surface area contributed by atoms with Crippen molar-refractivity contribution >= 4 is 17.5 Å². The van der Waals surface area contributed by atoms with Gasteiger partial charge in [0, 0.05) is 37.1 Å². The third-order valence-electron chi connectivity index (χ3n) is 9.80. The predicted octanol–water partition coefficient (Wildman–Crippen LogP) is 3.88. The molecular weight excluding hydrogens is 392 g/mol. The fraction of sp³-hybridized carbons (Fsp3) is 0.880. The number of rotatable bonds is 4. The predicted molar refractivity (Wildman–Crippen MR) is 117 cm³/mol. The number of esters is 1. The zero-order chi connectivity index (χ0) is 21.6. The molecule has 1 saturated heterocycles. The minimum Gasteiger partial charge on any atom is -0.465 e. The molecule has 5 fully saturated rings. The number of carbonyl (C=O) groups is 2. The summed E-state index contributed by atoms with van der Waals surface area (Å²) in [6, 6.07) is 0. The van der Waals surface area contributed by atoms with Crippen molar-refractivity contribution in [1.29, 1.82) is 0 Å². The number of nitrogens with one attached hydrogen (secondary N) is 1. The van der Waals surface area contributed by atoms with Crippen LogP contribution in [0.4, 0.5) is 0 Å². The lowest BCUT2D eigenvalue weighted by Gasteiger charge is -2.60. The van der Waals surface area contributed by atoms with Gasteiger partial charge in [-0.05, 0) is 81.6 Å². The summed E-state index contributed by atoms with van der Waals surface area (Å²) in [6.45, 7) is 6.19. The van der Waals surface area contributed by atoms with Crippen molar-refractivity contribution < 1.29 is 19.2 Å². The van der Waals surface area contributed by atoms with Crippen molar-refractivity contribution in [3.05, 3.63) is 0 Å². The molecule has 0 bridgehead atoms. The Kier molecular flexibility index (Phi) is 5.64. The Bertz CT molecular complexity index is 761. The largest absolute Gasteiger partial charge is 0.465 e. The summed E-state index contributed by atoms with van der Waals surface area (Å²) in [5.41, 5.74) is 1.11. The Morgan fingerprint density at radius 1 is 1.13 bits per heavy atom. The maximum absolute atomic E-state index is 12.7. The molecule has 7 atom stereocenters. The minimum atomic E-state index is -0.177. The van der Waals surface area contributed by atoms with E-state index in [4.69, 9.17) is 9.57 Å². The average Bonchev–Trinajstić information content (AvgIpc) is 3.38. The van der Waals surface area contributed by atoms with Crippen LogP contribution in [-0.4, -0.2) is 43.3 Å². The minimum absolute atomic E-state index is 0.0372. The van der Waals surface area contributed by atoms with Crippen molar-refractivity contribution in [2.24, 2.45) is 39.7 Å². The van der Waals surface area contributed by atoms with Gasteiger partial charge in [0.05, 0.1) is 12.3 Å². The molecule has 4 saturated carbocycles. The van der Waals surface area contributed by atoms with Crippen LogP contribution in [0.15, 0.2) is 5.16 Å². The highest BCUT2D eigenvalue weighted by Crippen LogP contribution is 2.65. The second-order valence-electron chi connectivity index (χ2n) is 11.2. The molecule has 6 heteroatoms. The Morgan fingerprint density at radius 2 is 2.00 bits per heavy atom. The molecule has 1 aliphatic heterocycles. The lowest BCUT2D eigenvalue weighted by molar-refractivity contribution is -0.163. The normalized spacial score (nSPS) is 45.7. The monoisotopic (exact) mass is 430 g/mol. The van der Waals surface area contributed by atoms with Crippen molar-refractivity contribution in [1.82, 2.24) is 5.32 Å². The van der Waals surface area contributed by atoms with Crippen molar-refractivity contribution in [2.45, 2.75) is 84.2 Å². The number of oxime groups is 1. The number of carbonyl (C=O) groups excluding carboxylic acids is 2. The summed E-state index contributed by atoms with van der Waals surface area (Å²) in [5.74, 6) is 2.47. The van der Waals surface area contributed by atoms with E-state index in [1.165, 1.54) is 19.1 Å². The number of ketones is 1. The SMILES string of the molecule is CC(=O)OC[C@]12CC/C(=N\OC3CCNC3)CC1CCC1C2CC[C@]2(C)C(=O)CCC12. The second-order valence-corrected chi connectivity index (χ2v) is 11.2. The van der Waals surface area contributed by atoms with Crippen LogP contribution in [0.1, 0.15) is 78.1 Å². The summed E-state index contributed by atoms with van der Waals surface area (Å²) in [6.07, 6.45) is 10.4. The third kappa shape index (κ3) is 3.63. The van der Waals surface area contributed by atoms with Crippen LogP contribution in [0.3, 0.4) is 0 Å². The molecule has 4 aliphatic carbocycles. The van der Waals surface area contributed by atoms with Crippen LogP contribution in [0.25, 0.3) is 0 Å². The maximum atomic E-state index is 12.7. The summed E-state index contributed by atoms with van der Waals surface area (Å²) in [4.78, 5) is 30.3.